The number of benzene rings is 1. The number of thioether (sulfide) groups is 1. The zero-order valence-corrected chi connectivity index (χ0v) is 25.8. The van der Waals surface area contributed by atoms with Gasteiger partial charge in [-0.25, -0.2) is 14.6 Å². The fraction of sp³-hybridized carbons (Fsp3) is 0.424. The molecule has 0 amide bonds. The number of carbonyl (C=O) groups is 1. The number of rotatable bonds is 9. The second-order valence-electron chi connectivity index (χ2n) is 12.0. The van der Waals surface area contributed by atoms with Crippen LogP contribution in [0.2, 0.25) is 0 Å². The highest BCUT2D eigenvalue weighted by Gasteiger charge is 2.43. The second kappa shape index (κ2) is 13.0. The molecule has 2 aliphatic rings. The first-order valence-electron chi connectivity index (χ1n) is 15.1. The van der Waals surface area contributed by atoms with Crippen LogP contribution in [0.5, 0.6) is 5.75 Å². The predicted molar refractivity (Wildman–Crippen MR) is 170 cm³/mol. The second-order valence-corrected chi connectivity index (χ2v) is 13.2. The van der Waals surface area contributed by atoms with E-state index in [0.717, 1.165) is 58.2 Å². The van der Waals surface area contributed by atoms with Gasteiger partial charge in [-0.3, -0.25) is 4.79 Å². The van der Waals surface area contributed by atoms with E-state index < -0.39 is 11.6 Å². The van der Waals surface area contributed by atoms with Crippen LogP contribution in [-0.2, 0) is 11.3 Å². The van der Waals surface area contributed by atoms with Crippen LogP contribution in [0.25, 0.3) is 11.3 Å². The summed E-state index contributed by atoms with van der Waals surface area (Å²) in [5.74, 6) is 2.33. The van der Waals surface area contributed by atoms with Gasteiger partial charge < -0.3 is 20.3 Å². The molecular weight excluding hydrogens is 576 g/mol. The summed E-state index contributed by atoms with van der Waals surface area (Å²) in [6.07, 6.45) is 7.75. The standard InChI is InChI=1S/C33H38N6O4S/c1-21-15-27(25-5-8-29(44-20-25)33(42)12-9-23(10-13-33)32(40)41)35-31(16-21)36-30-17-24(11-14-34-30)28-19-39(38-37-28)18-22-3-6-26(43-2)7-4-22/h3-4,6-7,11,14-17,19,23,25,29,42H,5,8-10,12-13,18,20H2,1-2H3,(H,40,41)(H,34,35,36)/t23?,25?,29-,33?/m0/s1. The van der Waals surface area contributed by atoms with Crippen LogP contribution >= 0.6 is 11.8 Å². The lowest BCUT2D eigenvalue weighted by molar-refractivity contribution is -0.144. The summed E-state index contributed by atoms with van der Waals surface area (Å²) in [4.78, 5) is 20.8. The molecule has 0 bridgehead atoms. The lowest BCUT2D eigenvalue weighted by Gasteiger charge is -2.43. The van der Waals surface area contributed by atoms with Gasteiger partial charge in [-0.05, 0) is 93.0 Å². The van der Waals surface area contributed by atoms with Crippen molar-refractivity contribution in [2.75, 3.05) is 18.2 Å². The number of hydrogen-bond acceptors (Lipinski definition) is 9. The molecule has 44 heavy (non-hydrogen) atoms. The van der Waals surface area contributed by atoms with E-state index in [1.807, 2.05) is 65.1 Å². The van der Waals surface area contributed by atoms with Crippen molar-refractivity contribution in [1.29, 1.82) is 0 Å². The summed E-state index contributed by atoms with van der Waals surface area (Å²) < 4.78 is 7.05. The zero-order valence-electron chi connectivity index (χ0n) is 25.0. The average molecular weight is 615 g/mol. The Morgan fingerprint density at radius 1 is 1.09 bits per heavy atom. The van der Waals surface area contributed by atoms with Crippen molar-refractivity contribution in [1.82, 2.24) is 25.0 Å². The Hall–Kier alpha value is -3.96. The molecular formula is C33H38N6O4S. The molecule has 1 unspecified atom stereocenters. The highest BCUT2D eigenvalue weighted by atomic mass is 32.2. The Bertz CT molecular complexity index is 1590. The molecule has 3 N–H and O–H groups in total. The normalized spacial score (nSPS) is 23.7. The van der Waals surface area contributed by atoms with E-state index in [-0.39, 0.29) is 17.1 Å². The molecule has 6 rings (SSSR count). The Morgan fingerprint density at radius 2 is 1.89 bits per heavy atom. The number of carboxylic acids is 1. The number of aryl methyl sites for hydroxylation is 1. The van der Waals surface area contributed by atoms with E-state index in [4.69, 9.17) is 9.72 Å². The van der Waals surface area contributed by atoms with Gasteiger partial charge in [-0.1, -0.05) is 17.3 Å². The van der Waals surface area contributed by atoms with E-state index in [1.165, 1.54) is 0 Å². The first-order valence-corrected chi connectivity index (χ1v) is 16.1. The van der Waals surface area contributed by atoms with Crippen molar-refractivity contribution in [2.45, 2.75) is 68.8 Å². The molecule has 3 aromatic heterocycles. The summed E-state index contributed by atoms with van der Waals surface area (Å²) in [6.45, 7) is 2.68. The number of nitrogens with one attached hydrogen (secondary N) is 1. The summed E-state index contributed by atoms with van der Waals surface area (Å²) in [5.41, 5.74) is 4.15. The van der Waals surface area contributed by atoms with Crippen molar-refractivity contribution in [2.24, 2.45) is 5.92 Å². The van der Waals surface area contributed by atoms with Crippen molar-refractivity contribution in [3.05, 3.63) is 77.7 Å². The van der Waals surface area contributed by atoms with Crippen molar-refractivity contribution < 1.29 is 19.7 Å². The van der Waals surface area contributed by atoms with Gasteiger partial charge in [0.1, 0.15) is 23.1 Å². The van der Waals surface area contributed by atoms with Crippen molar-refractivity contribution in [3.63, 3.8) is 0 Å². The Balaban J connectivity index is 1.09. The van der Waals surface area contributed by atoms with E-state index >= 15 is 0 Å². The quantitative estimate of drug-likeness (QED) is 0.211. The minimum atomic E-state index is -0.772. The molecule has 1 saturated carbocycles. The number of hydrogen-bond donors (Lipinski definition) is 3. The van der Waals surface area contributed by atoms with Gasteiger partial charge in [0, 0.05) is 34.4 Å². The Kier molecular flexibility index (Phi) is 8.86. The van der Waals surface area contributed by atoms with Crippen LogP contribution in [-0.4, -0.2) is 64.9 Å². The molecule has 2 atom stereocenters. The molecule has 1 aliphatic heterocycles. The number of aliphatic carboxylic acids is 1. The molecule has 11 heteroatoms. The molecule has 10 nitrogen and oxygen atoms in total. The Morgan fingerprint density at radius 3 is 2.59 bits per heavy atom. The van der Waals surface area contributed by atoms with Crippen molar-refractivity contribution >= 4 is 29.4 Å². The zero-order chi connectivity index (χ0) is 30.7. The fourth-order valence-electron chi connectivity index (χ4n) is 6.28. The van der Waals surface area contributed by atoms with Crippen molar-refractivity contribution in [3.8, 4) is 17.0 Å². The van der Waals surface area contributed by atoms with Crippen LogP contribution in [0, 0.1) is 12.8 Å². The van der Waals surface area contributed by atoms with Crippen LogP contribution in [0.3, 0.4) is 0 Å². The van der Waals surface area contributed by atoms with Gasteiger partial charge in [0.05, 0.1) is 31.4 Å². The number of pyridine rings is 2. The molecule has 1 saturated heterocycles. The SMILES string of the molecule is COc1ccc(Cn2cc(-c3ccnc(Nc4cc(C)cc(C5CC[C@@H](C6(O)CCC(C(=O)O)CC6)SC5)n4)c3)nn2)cc1. The number of anilines is 2. The molecule has 4 aromatic rings. The number of aliphatic hydroxyl groups is 1. The van der Waals surface area contributed by atoms with Gasteiger partial charge in [0.15, 0.2) is 0 Å². The van der Waals surface area contributed by atoms with E-state index in [0.29, 0.717) is 38.0 Å². The molecule has 230 valence electrons. The predicted octanol–water partition coefficient (Wildman–Crippen LogP) is 5.83. The van der Waals surface area contributed by atoms with Gasteiger partial charge in [-0.15, -0.1) is 5.10 Å². The van der Waals surface area contributed by atoms with Crippen LogP contribution in [0.4, 0.5) is 11.6 Å². The molecule has 1 aromatic carbocycles. The number of methoxy groups -OCH3 is 1. The summed E-state index contributed by atoms with van der Waals surface area (Å²) >= 11 is 1.81. The van der Waals surface area contributed by atoms with Gasteiger partial charge in [-0.2, -0.15) is 11.8 Å². The maximum absolute atomic E-state index is 11.4. The van der Waals surface area contributed by atoms with Crippen LogP contribution in [0.15, 0.2) is 60.9 Å². The Labute approximate surface area is 261 Å². The van der Waals surface area contributed by atoms with Gasteiger partial charge in [0.2, 0.25) is 0 Å². The highest BCUT2D eigenvalue weighted by Crippen LogP contribution is 2.46. The first-order chi connectivity index (χ1) is 21.3. The van der Waals surface area contributed by atoms with E-state index in [9.17, 15) is 15.0 Å². The third kappa shape index (κ3) is 6.89. The van der Waals surface area contributed by atoms with E-state index in [2.05, 4.69) is 33.6 Å². The molecule has 1 aliphatic carbocycles. The maximum Gasteiger partial charge on any atom is 0.306 e. The average Bonchev–Trinajstić information content (AvgIpc) is 3.50. The molecule has 0 radical (unpaired) electrons. The number of carboxylic acid groups (broad SMARTS) is 1. The van der Waals surface area contributed by atoms with Gasteiger partial charge >= 0.3 is 5.97 Å². The minimum Gasteiger partial charge on any atom is -0.497 e. The fourth-order valence-corrected chi connectivity index (χ4v) is 7.93. The topological polar surface area (TPSA) is 135 Å². The lowest BCUT2D eigenvalue weighted by atomic mass is 9.75. The first kappa shape index (κ1) is 30.1. The monoisotopic (exact) mass is 614 g/mol. The summed E-state index contributed by atoms with van der Waals surface area (Å²) in [6, 6.07) is 15.9. The number of nitrogens with zero attached hydrogens (tertiary/aromatic N) is 5. The highest BCUT2D eigenvalue weighted by molar-refractivity contribution is 8.00. The third-order valence-electron chi connectivity index (χ3n) is 8.84. The van der Waals surface area contributed by atoms with E-state index in [1.54, 1.807) is 13.3 Å². The van der Waals surface area contributed by atoms with Crippen LogP contribution in [0.1, 0.15) is 61.3 Å². The maximum atomic E-state index is 11.4. The molecule has 4 heterocycles. The largest absolute Gasteiger partial charge is 0.497 e. The number of ether oxygens (including phenoxy) is 1. The third-order valence-corrected chi connectivity index (χ3v) is 10.5. The molecule has 0 spiro atoms. The smallest absolute Gasteiger partial charge is 0.306 e. The molecule has 2 fully saturated rings. The van der Waals surface area contributed by atoms with Gasteiger partial charge in [0.25, 0.3) is 0 Å². The van der Waals surface area contributed by atoms with Crippen LogP contribution < -0.4 is 10.1 Å². The summed E-state index contributed by atoms with van der Waals surface area (Å²) in [7, 11) is 1.65. The minimum absolute atomic E-state index is 0.136. The number of aromatic nitrogens is 5. The summed E-state index contributed by atoms with van der Waals surface area (Å²) in [5, 5.41) is 32.9. The lowest BCUT2D eigenvalue weighted by Crippen LogP contribution is -2.46.